The van der Waals surface area contributed by atoms with Gasteiger partial charge in [-0.05, 0) is 60.5 Å². The van der Waals surface area contributed by atoms with Gasteiger partial charge in [-0.1, -0.05) is 30.3 Å². The van der Waals surface area contributed by atoms with E-state index >= 15 is 0 Å². The third kappa shape index (κ3) is 5.33. The van der Waals surface area contributed by atoms with Crippen LogP contribution >= 0.6 is 0 Å². The molecule has 0 spiro atoms. The van der Waals surface area contributed by atoms with E-state index in [-0.39, 0.29) is 16.7 Å². The van der Waals surface area contributed by atoms with Crippen LogP contribution < -0.4 is 10.0 Å². The van der Waals surface area contributed by atoms with Crippen molar-refractivity contribution in [2.24, 2.45) is 0 Å². The molecule has 3 aromatic rings. The third-order valence-electron chi connectivity index (χ3n) is 5.01. The van der Waals surface area contributed by atoms with Gasteiger partial charge < -0.3 is 10.2 Å². The summed E-state index contributed by atoms with van der Waals surface area (Å²) >= 11 is 0. The number of amides is 2. The van der Waals surface area contributed by atoms with Crippen LogP contribution in [0.15, 0.2) is 77.7 Å². The van der Waals surface area contributed by atoms with E-state index in [9.17, 15) is 18.0 Å². The second-order valence-corrected chi connectivity index (χ2v) is 9.06. The highest BCUT2D eigenvalue weighted by Gasteiger charge is 2.17. The fourth-order valence-corrected chi connectivity index (χ4v) is 4.27. The lowest BCUT2D eigenvalue weighted by molar-refractivity contribution is 0.0784. The number of nitrogens with zero attached hydrogens (tertiary/aromatic N) is 1. The molecule has 0 aromatic heterocycles. The Hall–Kier alpha value is -3.65. The third-order valence-corrected chi connectivity index (χ3v) is 6.39. The maximum absolute atomic E-state index is 12.8. The summed E-state index contributed by atoms with van der Waals surface area (Å²) in [6.45, 7) is 2.17. The van der Waals surface area contributed by atoms with Crippen molar-refractivity contribution in [2.45, 2.75) is 18.4 Å². The van der Waals surface area contributed by atoms with Crippen molar-refractivity contribution in [3.05, 3.63) is 95.1 Å². The molecule has 3 aromatic carbocycles. The first kappa shape index (κ1) is 23.0. The molecule has 0 saturated heterocycles. The summed E-state index contributed by atoms with van der Waals surface area (Å²) in [5.41, 5.74) is 3.11. The predicted octanol–water partition coefficient (Wildman–Crippen LogP) is 3.43. The van der Waals surface area contributed by atoms with Crippen LogP contribution in [0.3, 0.4) is 0 Å². The molecule has 0 aliphatic heterocycles. The van der Waals surface area contributed by atoms with Crippen LogP contribution in [0.5, 0.6) is 0 Å². The molecule has 2 N–H and O–H groups in total. The van der Waals surface area contributed by atoms with Gasteiger partial charge in [0.05, 0.1) is 10.6 Å². The number of carbonyl (C=O) groups excluding carboxylic acids is 2. The molecule has 0 saturated carbocycles. The molecule has 32 heavy (non-hydrogen) atoms. The second kappa shape index (κ2) is 9.65. The average Bonchev–Trinajstić information content (AvgIpc) is 2.80. The summed E-state index contributed by atoms with van der Waals surface area (Å²) in [5, 5.41) is 2.56. The molecule has 8 heteroatoms. The van der Waals surface area contributed by atoms with Crippen molar-refractivity contribution in [3.63, 3.8) is 0 Å². The summed E-state index contributed by atoms with van der Waals surface area (Å²) in [7, 11) is -0.535. The topological polar surface area (TPSA) is 95.6 Å². The number of hydrogen-bond acceptors (Lipinski definition) is 4. The van der Waals surface area contributed by atoms with Crippen LogP contribution in [0, 0.1) is 6.92 Å². The zero-order valence-corrected chi connectivity index (χ0v) is 18.9. The molecule has 166 valence electrons. The molecule has 0 aliphatic rings. The summed E-state index contributed by atoms with van der Waals surface area (Å²) in [6.07, 6.45) is 0. The molecule has 0 fully saturated rings. The van der Waals surface area contributed by atoms with E-state index in [0.717, 1.165) is 11.1 Å². The van der Waals surface area contributed by atoms with Crippen molar-refractivity contribution >= 4 is 27.5 Å². The zero-order valence-electron chi connectivity index (χ0n) is 18.1. The molecule has 2 amide bonds. The van der Waals surface area contributed by atoms with Crippen LogP contribution in [0.2, 0.25) is 0 Å². The van der Waals surface area contributed by atoms with E-state index < -0.39 is 10.0 Å². The summed E-state index contributed by atoms with van der Waals surface area (Å²) in [5.74, 6) is -0.413. The Balaban J connectivity index is 1.69. The minimum atomic E-state index is -3.77. The Morgan fingerprint density at radius 3 is 2.06 bits per heavy atom. The molecule has 0 radical (unpaired) electrons. The number of sulfonamides is 1. The Morgan fingerprint density at radius 2 is 1.47 bits per heavy atom. The molecule has 0 atom stereocenters. The van der Waals surface area contributed by atoms with E-state index in [1.54, 1.807) is 50.5 Å². The number of benzene rings is 3. The van der Waals surface area contributed by atoms with E-state index in [1.165, 1.54) is 29.2 Å². The number of para-hydroxylation sites is 1. The van der Waals surface area contributed by atoms with Gasteiger partial charge in [0.2, 0.25) is 0 Å². The number of rotatable bonds is 7. The monoisotopic (exact) mass is 451 g/mol. The SMILES string of the molecule is CNC(=O)c1ccc(CN(C)C(=O)c2ccc(S(=O)(=O)Nc3ccccc3C)cc2)cc1. The number of carbonyl (C=O) groups is 2. The predicted molar refractivity (Wildman–Crippen MR) is 124 cm³/mol. The van der Waals surface area contributed by atoms with Gasteiger partial charge in [-0.3, -0.25) is 14.3 Å². The maximum atomic E-state index is 12.8. The number of nitrogens with one attached hydrogen (secondary N) is 2. The molecule has 3 rings (SSSR count). The van der Waals surface area contributed by atoms with Crippen LogP contribution in [-0.2, 0) is 16.6 Å². The molecule has 0 unspecified atom stereocenters. The largest absolute Gasteiger partial charge is 0.355 e. The minimum Gasteiger partial charge on any atom is -0.355 e. The average molecular weight is 452 g/mol. The molecular formula is C24H25N3O4S. The first-order valence-corrected chi connectivity index (χ1v) is 11.4. The van der Waals surface area contributed by atoms with Crippen LogP contribution in [0.1, 0.15) is 31.8 Å². The number of hydrogen-bond donors (Lipinski definition) is 2. The molecule has 0 bridgehead atoms. The van der Waals surface area contributed by atoms with Gasteiger partial charge in [0.25, 0.3) is 21.8 Å². The van der Waals surface area contributed by atoms with Gasteiger partial charge in [0.15, 0.2) is 0 Å². The minimum absolute atomic E-state index is 0.0738. The van der Waals surface area contributed by atoms with Crippen molar-refractivity contribution in [1.82, 2.24) is 10.2 Å². The highest BCUT2D eigenvalue weighted by molar-refractivity contribution is 7.92. The van der Waals surface area contributed by atoms with Crippen molar-refractivity contribution < 1.29 is 18.0 Å². The lowest BCUT2D eigenvalue weighted by Crippen LogP contribution is -2.26. The molecule has 0 heterocycles. The maximum Gasteiger partial charge on any atom is 0.261 e. The Bertz CT molecular complexity index is 1220. The highest BCUT2D eigenvalue weighted by atomic mass is 32.2. The smallest absolute Gasteiger partial charge is 0.261 e. The standard InChI is InChI=1S/C24H25N3O4S/c1-17-6-4-5-7-22(17)26-32(30,31)21-14-12-20(13-15-21)24(29)27(3)16-18-8-10-19(11-9-18)23(28)25-2/h4-15,26H,16H2,1-3H3,(H,25,28). The zero-order chi connectivity index (χ0) is 23.3. The van der Waals surface area contributed by atoms with E-state index in [1.807, 2.05) is 19.1 Å². The van der Waals surface area contributed by atoms with Gasteiger partial charge in [0, 0.05) is 31.8 Å². The summed E-state index contributed by atoms with van der Waals surface area (Å²) in [6, 6.07) is 19.9. The van der Waals surface area contributed by atoms with E-state index in [4.69, 9.17) is 0 Å². The van der Waals surface area contributed by atoms with E-state index in [0.29, 0.717) is 23.4 Å². The Kier molecular flexibility index (Phi) is 6.95. The Morgan fingerprint density at radius 1 is 0.875 bits per heavy atom. The quantitative estimate of drug-likeness (QED) is 0.575. The van der Waals surface area contributed by atoms with Crippen LogP contribution in [0.25, 0.3) is 0 Å². The van der Waals surface area contributed by atoms with Gasteiger partial charge in [-0.15, -0.1) is 0 Å². The molecule has 7 nitrogen and oxygen atoms in total. The van der Waals surface area contributed by atoms with Crippen molar-refractivity contribution in [1.29, 1.82) is 0 Å². The molecular weight excluding hydrogens is 426 g/mol. The van der Waals surface area contributed by atoms with Gasteiger partial charge in [0.1, 0.15) is 0 Å². The highest BCUT2D eigenvalue weighted by Crippen LogP contribution is 2.20. The normalized spacial score (nSPS) is 11.0. The summed E-state index contributed by atoms with van der Waals surface area (Å²) < 4.78 is 27.9. The van der Waals surface area contributed by atoms with Crippen LogP contribution in [-0.4, -0.2) is 39.2 Å². The lowest BCUT2D eigenvalue weighted by atomic mass is 10.1. The lowest BCUT2D eigenvalue weighted by Gasteiger charge is -2.18. The summed E-state index contributed by atoms with van der Waals surface area (Å²) in [4.78, 5) is 26.0. The van der Waals surface area contributed by atoms with Crippen molar-refractivity contribution in [2.75, 3.05) is 18.8 Å². The van der Waals surface area contributed by atoms with Crippen molar-refractivity contribution in [3.8, 4) is 0 Å². The molecule has 0 aliphatic carbocycles. The fraction of sp³-hybridized carbons (Fsp3) is 0.167. The van der Waals surface area contributed by atoms with Gasteiger partial charge in [-0.25, -0.2) is 8.42 Å². The number of anilines is 1. The first-order valence-electron chi connectivity index (χ1n) is 9.96. The Labute approximate surface area is 188 Å². The van der Waals surface area contributed by atoms with Gasteiger partial charge in [-0.2, -0.15) is 0 Å². The van der Waals surface area contributed by atoms with E-state index in [2.05, 4.69) is 10.0 Å². The first-order chi connectivity index (χ1) is 15.2. The van der Waals surface area contributed by atoms with Gasteiger partial charge >= 0.3 is 0 Å². The van der Waals surface area contributed by atoms with Crippen LogP contribution in [0.4, 0.5) is 5.69 Å². The number of aryl methyl sites for hydroxylation is 1. The fourth-order valence-electron chi connectivity index (χ4n) is 3.14. The second-order valence-electron chi connectivity index (χ2n) is 7.38.